The summed E-state index contributed by atoms with van der Waals surface area (Å²) in [5.74, 6) is -0.0789. The zero-order valence-corrected chi connectivity index (χ0v) is 16.9. The molecule has 1 heterocycles. The van der Waals surface area contributed by atoms with E-state index < -0.39 is 11.6 Å². The molecule has 0 amide bonds. The Hall–Kier alpha value is -0.920. The minimum Gasteiger partial charge on any atom is -0.353 e. The van der Waals surface area contributed by atoms with Crippen molar-refractivity contribution < 1.29 is 8.78 Å². The van der Waals surface area contributed by atoms with Crippen molar-refractivity contribution in [3.8, 4) is 0 Å². The van der Waals surface area contributed by atoms with Gasteiger partial charge in [0.15, 0.2) is 5.96 Å². The van der Waals surface area contributed by atoms with Crippen LogP contribution in [0.3, 0.4) is 0 Å². The summed E-state index contributed by atoms with van der Waals surface area (Å²) in [5.41, 5.74) is 0.706. The van der Waals surface area contributed by atoms with Gasteiger partial charge < -0.3 is 10.2 Å². The normalized spacial score (nSPS) is 27.5. The Balaban J connectivity index is 0.00000182. The Kier molecular flexibility index (Phi) is 5.56. The van der Waals surface area contributed by atoms with Crippen LogP contribution in [0, 0.1) is 17.0 Å². The van der Waals surface area contributed by atoms with Crippen LogP contribution in [0.4, 0.5) is 8.78 Å². The largest absolute Gasteiger partial charge is 0.353 e. The number of guanidine groups is 1. The summed E-state index contributed by atoms with van der Waals surface area (Å²) < 4.78 is 27.9. The van der Waals surface area contributed by atoms with Crippen molar-refractivity contribution in [3.05, 3.63) is 35.4 Å². The Bertz CT molecular complexity index is 638. The second kappa shape index (κ2) is 7.37. The van der Waals surface area contributed by atoms with Crippen molar-refractivity contribution in [2.75, 3.05) is 20.1 Å². The molecule has 2 atom stereocenters. The van der Waals surface area contributed by atoms with Crippen molar-refractivity contribution in [2.24, 2.45) is 10.4 Å². The Morgan fingerprint density at radius 2 is 1.88 bits per heavy atom. The van der Waals surface area contributed by atoms with Crippen molar-refractivity contribution in [1.82, 2.24) is 10.2 Å². The Morgan fingerprint density at radius 1 is 1.20 bits per heavy atom. The molecule has 25 heavy (non-hydrogen) atoms. The maximum atomic E-state index is 13.9. The van der Waals surface area contributed by atoms with Gasteiger partial charge in [-0.25, -0.2) is 8.78 Å². The van der Waals surface area contributed by atoms with Crippen LogP contribution < -0.4 is 5.32 Å². The summed E-state index contributed by atoms with van der Waals surface area (Å²) in [6.07, 6.45) is 7.34. The second-order valence-electron chi connectivity index (χ2n) is 7.65. The fourth-order valence-electron chi connectivity index (χ4n) is 4.65. The van der Waals surface area contributed by atoms with E-state index in [1.165, 1.54) is 50.3 Å². The lowest BCUT2D eigenvalue weighted by molar-refractivity contribution is 0.309. The molecule has 1 N–H and O–H groups in total. The molecule has 1 aromatic carbocycles. The predicted octanol–water partition coefficient (Wildman–Crippen LogP) is 4.28. The average molecular weight is 461 g/mol. The van der Waals surface area contributed by atoms with Gasteiger partial charge in [-0.1, -0.05) is 18.9 Å². The van der Waals surface area contributed by atoms with E-state index in [2.05, 4.69) is 15.2 Å². The third kappa shape index (κ3) is 3.64. The first-order valence-corrected chi connectivity index (χ1v) is 9.04. The van der Waals surface area contributed by atoms with E-state index in [9.17, 15) is 8.78 Å². The lowest BCUT2D eigenvalue weighted by Crippen LogP contribution is -2.42. The van der Waals surface area contributed by atoms with Gasteiger partial charge in [0, 0.05) is 37.7 Å². The first-order chi connectivity index (χ1) is 11.6. The van der Waals surface area contributed by atoms with Crippen molar-refractivity contribution in [1.29, 1.82) is 0 Å². The highest BCUT2D eigenvalue weighted by Gasteiger charge is 2.45. The smallest absolute Gasteiger partial charge is 0.193 e. The van der Waals surface area contributed by atoms with Gasteiger partial charge in [0.1, 0.15) is 11.6 Å². The number of benzene rings is 1. The molecular formula is C19H26F2IN3. The SMILES string of the molecule is CN=C(NC1CC1c1c(F)cccc1F)N1CCC2(CCCC2)C1.I. The molecule has 1 aliphatic heterocycles. The van der Waals surface area contributed by atoms with Crippen LogP contribution >= 0.6 is 24.0 Å². The average Bonchev–Trinajstić information content (AvgIpc) is 2.97. The number of aliphatic imine (C=N–C) groups is 1. The fourth-order valence-corrected chi connectivity index (χ4v) is 4.65. The van der Waals surface area contributed by atoms with Crippen LogP contribution in [0.1, 0.15) is 50.0 Å². The van der Waals surface area contributed by atoms with E-state index in [0.29, 0.717) is 5.41 Å². The number of nitrogens with one attached hydrogen (secondary N) is 1. The number of likely N-dealkylation sites (tertiary alicyclic amines) is 1. The summed E-state index contributed by atoms with van der Waals surface area (Å²) in [4.78, 5) is 6.75. The lowest BCUT2D eigenvalue weighted by atomic mass is 9.86. The molecule has 1 saturated heterocycles. The minimum absolute atomic E-state index is 0. The van der Waals surface area contributed by atoms with Crippen LogP contribution in [-0.2, 0) is 0 Å². The number of nitrogens with zero attached hydrogens (tertiary/aromatic N) is 2. The molecule has 2 aliphatic carbocycles. The van der Waals surface area contributed by atoms with Crippen LogP contribution in [0.2, 0.25) is 0 Å². The van der Waals surface area contributed by atoms with Gasteiger partial charge >= 0.3 is 0 Å². The zero-order chi connectivity index (χ0) is 16.7. The molecule has 0 aromatic heterocycles. The third-order valence-electron chi connectivity index (χ3n) is 6.09. The summed E-state index contributed by atoms with van der Waals surface area (Å²) in [5, 5.41) is 3.43. The van der Waals surface area contributed by atoms with Crippen LogP contribution in [-0.4, -0.2) is 37.0 Å². The van der Waals surface area contributed by atoms with Gasteiger partial charge in [-0.05, 0) is 43.2 Å². The maximum absolute atomic E-state index is 13.9. The molecule has 0 radical (unpaired) electrons. The van der Waals surface area contributed by atoms with Crippen LogP contribution in [0.25, 0.3) is 0 Å². The molecule has 3 fully saturated rings. The molecule has 6 heteroatoms. The quantitative estimate of drug-likeness (QED) is 0.405. The van der Waals surface area contributed by atoms with E-state index in [0.717, 1.165) is 25.5 Å². The van der Waals surface area contributed by atoms with Gasteiger partial charge in [-0.15, -0.1) is 24.0 Å². The van der Waals surface area contributed by atoms with Gasteiger partial charge in [-0.3, -0.25) is 4.99 Å². The van der Waals surface area contributed by atoms with Gasteiger partial charge in [0.25, 0.3) is 0 Å². The third-order valence-corrected chi connectivity index (χ3v) is 6.09. The Labute approximate surface area is 165 Å². The van der Waals surface area contributed by atoms with E-state index >= 15 is 0 Å². The highest BCUT2D eigenvalue weighted by molar-refractivity contribution is 14.0. The van der Waals surface area contributed by atoms with Crippen LogP contribution in [0.15, 0.2) is 23.2 Å². The van der Waals surface area contributed by atoms with Crippen molar-refractivity contribution in [3.63, 3.8) is 0 Å². The van der Waals surface area contributed by atoms with E-state index in [1.54, 1.807) is 7.05 Å². The van der Waals surface area contributed by atoms with Crippen molar-refractivity contribution in [2.45, 2.75) is 50.5 Å². The summed E-state index contributed by atoms with van der Waals surface area (Å²) in [6.45, 7) is 2.10. The highest BCUT2D eigenvalue weighted by atomic mass is 127. The number of halogens is 3. The number of rotatable bonds is 2. The molecule has 4 rings (SSSR count). The zero-order valence-electron chi connectivity index (χ0n) is 14.6. The highest BCUT2D eigenvalue weighted by Crippen LogP contribution is 2.46. The Morgan fingerprint density at radius 3 is 2.52 bits per heavy atom. The van der Waals surface area contributed by atoms with E-state index in [-0.39, 0.29) is 41.5 Å². The number of hydrogen-bond acceptors (Lipinski definition) is 1. The van der Waals surface area contributed by atoms with E-state index in [4.69, 9.17) is 0 Å². The van der Waals surface area contributed by atoms with Crippen molar-refractivity contribution >= 4 is 29.9 Å². The van der Waals surface area contributed by atoms with Gasteiger partial charge in [0.05, 0.1) is 0 Å². The van der Waals surface area contributed by atoms with Gasteiger partial charge in [-0.2, -0.15) is 0 Å². The topological polar surface area (TPSA) is 27.6 Å². The fraction of sp³-hybridized carbons (Fsp3) is 0.632. The molecule has 1 aromatic rings. The molecule has 0 bridgehead atoms. The first kappa shape index (κ1) is 18.9. The minimum atomic E-state index is -0.439. The maximum Gasteiger partial charge on any atom is 0.193 e. The molecule has 2 saturated carbocycles. The molecule has 3 aliphatic rings. The first-order valence-electron chi connectivity index (χ1n) is 9.04. The van der Waals surface area contributed by atoms with Gasteiger partial charge in [0.2, 0.25) is 0 Å². The molecule has 1 spiro atoms. The number of hydrogen-bond donors (Lipinski definition) is 1. The van der Waals surface area contributed by atoms with E-state index in [1.807, 2.05) is 0 Å². The standard InChI is InChI=1S/C19H25F2N3.HI/c1-22-18(24-10-9-19(12-24)7-2-3-8-19)23-16-11-13(16)17-14(20)5-4-6-15(17)21;/h4-6,13,16H,2-3,7-12H2,1H3,(H,22,23);1H. The molecule has 3 nitrogen and oxygen atoms in total. The molecule has 2 unspecified atom stereocenters. The monoisotopic (exact) mass is 461 g/mol. The second-order valence-corrected chi connectivity index (χ2v) is 7.65. The molecular weight excluding hydrogens is 435 g/mol. The summed E-state index contributed by atoms with van der Waals surface area (Å²) in [6, 6.07) is 4.18. The summed E-state index contributed by atoms with van der Waals surface area (Å²) in [7, 11) is 1.79. The summed E-state index contributed by atoms with van der Waals surface area (Å²) >= 11 is 0. The molecule has 138 valence electrons. The predicted molar refractivity (Wildman–Crippen MR) is 107 cm³/mol. The van der Waals surface area contributed by atoms with Crippen LogP contribution in [0.5, 0.6) is 0 Å². The lowest BCUT2D eigenvalue weighted by Gasteiger charge is -2.26.